The fraction of sp³-hybridized carbons (Fsp3) is 0. The summed E-state index contributed by atoms with van der Waals surface area (Å²) in [6.07, 6.45) is 1.53. The summed E-state index contributed by atoms with van der Waals surface area (Å²) in [4.78, 5) is 26.7. The zero-order valence-electron chi connectivity index (χ0n) is 11.9. The minimum Gasteiger partial charge on any atom is -0.393 e. The van der Waals surface area contributed by atoms with Crippen LogP contribution >= 0.6 is 0 Å². The molecular formula is C16H12N4O3. The molecule has 0 bridgehead atoms. The summed E-state index contributed by atoms with van der Waals surface area (Å²) < 4.78 is 0. The first-order valence-corrected chi connectivity index (χ1v) is 6.74. The van der Waals surface area contributed by atoms with Gasteiger partial charge in [-0.1, -0.05) is 18.2 Å². The first-order valence-electron chi connectivity index (χ1n) is 6.74. The van der Waals surface area contributed by atoms with E-state index in [9.17, 15) is 14.9 Å². The average molecular weight is 308 g/mol. The predicted molar refractivity (Wildman–Crippen MR) is 87.2 cm³/mol. The molecule has 0 fully saturated rings. The molecule has 3 rings (SSSR count). The summed E-state index contributed by atoms with van der Waals surface area (Å²) in [7, 11) is 0. The number of nitro benzene ring substituents is 1. The van der Waals surface area contributed by atoms with Gasteiger partial charge in [0.15, 0.2) is 0 Å². The van der Waals surface area contributed by atoms with Crippen LogP contribution in [0, 0.1) is 10.1 Å². The number of nitrogens with zero attached hydrogens (tertiary/aromatic N) is 2. The van der Waals surface area contributed by atoms with Gasteiger partial charge in [-0.15, -0.1) is 0 Å². The van der Waals surface area contributed by atoms with E-state index in [2.05, 4.69) is 10.3 Å². The van der Waals surface area contributed by atoms with E-state index in [-0.39, 0.29) is 16.9 Å². The number of nitrogens with two attached hydrogens (primary N) is 1. The Hall–Kier alpha value is -3.48. The van der Waals surface area contributed by atoms with Gasteiger partial charge in [0.25, 0.3) is 11.6 Å². The quantitative estimate of drug-likeness (QED) is 0.439. The molecule has 114 valence electrons. The number of aromatic nitrogens is 1. The number of benzene rings is 2. The summed E-state index contributed by atoms with van der Waals surface area (Å²) in [5, 5.41) is 14.4. The first-order chi connectivity index (χ1) is 11.0. The van der Waals surface area contributed by atoms with Gasteiger partial charge >= 0.3 is 0 Å². The van der Waals surface area contributed by atoms with Gasteiger partial charge in [-0.05, 0) is 24.3 Å². The monoisotopic (exact) mass is 308 g/mol. The van der Waals surface area contributed by atoms with Crippen molar-refractivity contribution in [2.24, 2.45) is 0 Å². The smallest absolute Gasteiger partial charge is 0.292 e. The number of carbonyl (C=O) groups is 1. The third kappa shape index (κ3) is 2.93. The number of nitrogens with one attached hydrogen (secondary N) is 1. The molecule has 7 heteroatoms. The van der Waals surface area contributed by atoms with Crippen molar-refractivity contribution >= 4 is 33.9 Å². The van der Waals surface area contributed by atoms with Crippen LogP contribution in [0.25, 0.3) is 10.9 Å². The predicted octanol–water partition coefficient (Wildman–Crippen LogP) is 2.98. The Morgan fingerprint density at radius 2 is 1.96 bits per heavy atom. The fourth-order valence-electron chi connectivity index (χ4n) is 2.19. The SMILES string of the molecule is Nc1ccc(C(=O)Nc2cnc3ccccc3c2)cc1[N+](=O)[O-]. The van der Waals surface area contributed by atoms with Crippen molar-refractivity contribution in [3.8, 4) is 0 Å². The van der Waals surface area contributed by atoms with E-state index >= 15 is 0 Å². The number of nitrogen functional groups attached to an aromatic ring is 1. The molecule has 0 saturated heterocycles. The number of fused-ring (bicyclic) bond motifs is 1. The van der Waals surface area contributed by atoms with Crippen LogP contribution in [0.2, 0.25) is 0 Å². The molecule has 0 spiro atoms. The number of carbonyl (C=O) groups excluding carboxylic acids is 1. The van der Waals surface area contributed by atoms with Crippen LogP contribution in [0.1, 0.15) is 10.4 Å². The normalized spacial score (nSPS) is 10.4. The molecule has 0 aliphatic heterocycles. The third-order valence-corrected chi connectivity index (χ3v) is 3.34. The van der Waals surface area contributed by atoms with Crippen LogP contribution in [0.15, 0.2) is 54.7 Å². The number of rotatable bonds is 3. The Bertz CT molecular complexity index is 924. The first kappa shape index (κ1) is 14.5. The summed E-state index contributed by atoms with van der Waals surface area (Å²) in [5.74, 6) is -0.467. The molecule has 3 aromatic rings. The summed E-state index contributed by atoms with van der Waals surface area (Å²) in [6.45, 7) is 0. The van der Waals surface area contributed by atoms with Crippen molar-refractivity contribution in [3.63, 3.8) is 0 Å². The topological polar surface area (TPSA) is 111 Å². The highest BCUT2D eigenvalue weighted by atomic mass is 16.6. The van der Waals surface area contributed by atoms with Gasteiger partial charge in [0.05, 0.1) is 22.3 Å². The fourth-order valence-corrected chi connectivity index (χ4v) is 2.19. The van der Waals surface area contributed by atoms with Crippen LogP contribution in [0.3, 0.4) is 0 Å². The zero-order chi connectivity index (χ0) is 16.4. The Morgan fingerprint density at radius 3 is 2.74 bits per heavy atom. The number of amides is 1. The number of anilines is 2. The number of hydrogen-bond acceptors (Lipinski definition) is 5. The molecule has 2 aromatic carbocycles. The second-order valence-corrected chi connectivity index (χ2v) is 4.90. The Morgan fingerprint density at radius 1 is 1.17 bits per heavy atom. The summed E-state index contributed by atoms with van der Waals surface area (Å²) in [5.41, 5.74) is 6.71. The summed E-state index contributed by atoms with van der Waals surface area (Å²) in [6, 6.07) is 13.2. The summed E-state index contributed by atoms with van der Waals surface area (Å²) >= 11 is 0. The zero-order valence-corrected chi connectivity index (χ0v) is 11.9. The maximum atomic E-state index is 12.2. The second-order valence-electron chi connectivity index (χ2n) is 4.90. The lowest BCUT2D eigenvalue weighted by molar-refractivity contribution is -0.383. The lowest BCUT2D eigenvalue weighted by Crippen LogP contribution is -2.12. The van der Waals surface area contributed by atoms with Crippen molar-refractivity contribution in [2.45, 2.75) is 0 Å². The molecule has 1 aromatic heterocycles. The molecule has 1 heterocycles. The van der Waals surface area contributed by atoms with E-state index < -0.39 is 10.8 Å². The van der Waals surface area contributed by atoms with Crippen LogP contribution < -0.4 is 11.1 Å². The molecular weight excluding hydrogens is 296 g/mol. The van der Waals surface area contributed by atoms with E-state index in [1.165, 1.54) is 18.3 Å². The standard InChI is InChI=1S/C16H12N4O3/c17-13-6-5-11(8-15(13)20(22)23)16(21)19-12-7-10-3-1-2-4-14(10)18-9-12/h1-9H,17H2,(H,19,21). The van der Waals surface area contributed by atoms with Crippen molar-refractivity contribution in [2.75, 3.05) is 11.1 Å². The highest BCUT2D eigenvalue weighted by Crippen LogP contribution is 2.23. The van der Waals surface area contributed by atoms with E-state index in [0.717, 1.165) is 17.0 Å². The van der Waals surface area contributed by atoms with E-state index in [1.807, 2.05) is 24.3 Å². The minimum absolute atomic E-state index is 0.0129. The molecule has 0 radical (unpaired) electrons. The molecule has 3 N–H and O–H groups in total. The van der Waals surface area contributed by atoms with E-state index in [4.69, 9.17) is 5.73 Å². The lowest BCUT2D eigenvalue weighted by atomic mass is 10.1. The van der Waals surface area contributed by atoms with Crippen molar-refractivity contribution in [3.05, 3.63) is 70.4 Å². The Labute approximate surface area is 130 Å². The van der Waals surface area contributed by atoms with Gasteiger partial charge in [-0.2, -0.15) is 0 Å². The number of hydrogen-bond donors (Lipinski definition) is 2. The second kappa shape index (κ2) is 5.72. The Balaban J connectivity index is 1.88. The van der Waals surface area contributed by atoms with Crippen LogP contribution in [0.5, 0.6) is 0 Å². The van der Waals surface area contributed by atoms with Gasteiger partial charge in [0.1, 0.15) is 5.69 Å². The molecule has 0 aliphatic carbocycles. The van der Waals surface area contributed by atoms with Gasteiger partial charge in [0, 0.05) is 17.0 Å². The van der Waals surface area contributed by atoms with Gasteiger partial charge < -0.3 is 11.1 Å². The van der Waals surface area contributed by atoms with Gasteiger partial charge in [-0.3, -0.25) is 19.9 Å². The van der Waals surface area contributed by atoms with E-state index in [1.54, 1.807) is 6.07 Å². The maximum absolute atomic E-state index is 12.2. The molecule has 1 amide bonds. The lowest BCUT2D eigenvalue weighted by Gasteiger charge is -2.07. The maximum Gasteiger partial charge on any atom is 0.292 e. The largest absolute Gasteiger partial charge is 0.393 e. The number of nitro groups is 1. The van der Waals surface area contributed by atoms with Gasteiger partial charge in [-0.25, -0.2) is 0 Å². The van der Waals surface area contributed by atoms with Crippen molar-refractivity contribution in [1.82, 2.24) is 4.98 Å². The molecule has 7 nitrogen and oxygen atoms in total. The average Bonchev–Trinajstić information content (AvgIpc) is 2.54. The molecule has 0 aliphatic rings. The number of pyridine rings is 1. The highest BCUT2D eigenvalue weighted by Gasteiger charge is 2.16. The van der Waals surface area contributed by atoms with Crippen LogP contribution in [-0.2, 0) is 0 Å². The molecule has 0 unspecified atom stereocenters. The molecule has 0 atom stereocenters. The molecule has 0 saturated carbocycles. The Kier molecular flexibility index (Phi) is 3.60. The van der Waals surface area contributed by atoms with Gasteiger partial charge in [0.2, 0.25) is 0 Å². The molecule has 23 heavy (non-hydrogen) atoms. The minimum atomic E-state index is -0.621. The highest BCUT2D eigenvalue weighted by molar-refractivity contribution is 6.05. The van der Waals surface area contributed by atoms with Crippen LogP contribution in [0.4, 0.5) is 17.1 Å². The van der Waals surface area contributed by atoms with E-state index in [0.29, 0.717) is 5.69 Å². The van der Waals surface area contributed by atoms with Crippen molar-refractivity contribution < 1.29 is 9.72 Å². The van der Waals surface area contributed by atoms with Crippen LogP contribution in [-0.4, -0.2) is 15.8 Å². The van der Waals surface area contributed by atoms with Crippen molar-refractivity contribution in [1.29, 1.82) is 0 Å². The third-order valence-electron chi connectivity index (χ3n) is 3.34. The number of para-hydroxylation sites is 1.